The number of nitrogens with two attached hydrogens (primary N) is 1. The molecule has 3 aromatic carbocycles. The lowest BCUT2D eigenvalue weighted by atomic mass is 9.83. The summed E-state index contributed by atoms with van der Waals surface area (Å²) in [6.07, 6.45) is 1.62. The summed E-state index contributed by atoms with van der Waals surface area (Å²) < 4.78 is 4.70. The van der Waals surface area contributed by atoms with Crippen molar-refractivity contribution in [1.82, 2.24) is 19.8 Å². The molecule has 2 aliphatic rings. The Morgan fingerprint density at radius 1 is 0.952 bits per heavy atom. The Morgan fingerprint density at radius 2 is 1.64 bits per heavy atom. The maximum Gasteiger partial charge on any atom is 0.313 e. The van der Waals surface area contributed by atoms with E-state index in [1.54, 1.807) is 29.3 Å². The third-order valence-electron chi connectivity index (χ3n) is 7.53. The molecule has 0 unspecified atom stereocenters. The van der Waals surface area contributed by atoms with Gasteiger partial charge in [0.05, 0.1) is 25.9 Å². The number of hydrogen-bond donors (Lipinski definition) is 1. The summed E-state index contributed by atoms with van der Waals surface area (Å²) in [4.78, 5) is 55.8. The number of methoxy groups -OCH3 is 1. The number of benzene rings is 3. The Bertz CT molecular complexity index is 1670. The average Bonchev–Trinajstić information content (AvgIpc) is 3.56. The summed E-state index contributed by atoms with van der Waals surface area (Å²) in [5.41, 5.74) is 9.30. The van der Waals surface area contributed by atoms with Gasteiger partial charge in [0.2, 0.25) is 0 Å². The summed E-state index contributed by atoms with van der Waals surface area (Å²) in [5.74, 6) is -0.397. The number of aromatic nitrogens is 2. The molecule has 10 heteroatoms. The molecule has 0 radical (unpaired) electrons. The van der Waals surface area contributed by atoms with Crippen molar-refractivity contribution in [1.29, 1.82) is 0 Å². The highest BCUT2D eigenvalue weighted by atomic mass is 16.5. The lowest BCUT2D eigenvalue weighted by Crippen LogP contribution is -2.43. The number of amides is 2. The largest absolute Gasteiger partial charge is 0.469 e. The number of guanidine groups is 1. The number of nitrogens with zero attached hydrogens (tertiary/aromatic N) is 5. The van der Waals surface area contributed by atoms with Crippen molar-refractivity contribution < 1.29 is 19.1 Å². The predicted molar refractivity (Wildman–Crippen MR) is 154 cm³/mol. The van der Waals surface area contributed by atoms with E-state index in [-0.39, 0.29) is 30.7 Å². The fraction of sp³-hybridized carbons (Fsp3) is 0.188. The van der Waals surface area contributed by atoms with Crippen LogP contribution in [-0.2, 0) is 45.9 Å². The highest BCUT2D eigenvalue weighted by Crippen LogP contribution is 2.40. The summed E-state index contributed by atoms with van der Waals surface area (Å²) >= 11 is 0. The monoisotopic (exact) mass is 560 g/mol. The van der Waals surface area contributed by atoms with Crippen LogP contribution in [0, 0.1) is 0 Å². The highest BCUT2D eigenvalue weighted by Gasteiger charge is 2.50. The summed E-state index contributed by atoms with van der Waals surface area (Å²) in [6, 6.07) is 25.9. The standard InChI is InChI=1S/C32H28N6O4/c1-42-28(39)16-27-34-17-23-19-37(20-26(23)35-27)29(40)22-10-8-9-21(15-22)18-38-30(41)32(36-31(38)33,24-11-4-2-5-12-24)25-13-6-3-7-14-25/h2-15,17H,16,18-20H2,1H3,(H2,33,36). The van der Waals surface area contributed by atoms with Crippen molar-refractivity contribution in [2.24, 2.45) is 10.7 Å². The highest BCUT2D eigenvalue weighted by molar-refractivity contribution is 6.09. The molecule has 42 heavy (non-hydrogen) atoms. The van der Waals surface area contributed by atoms with Gasteiger partial charge in [0.1, 0.15) is 12.2 Å². The zero-order valence-electron chi connectivity index (χ0n) is 22.9. The topological polar surface area (TPSA) is 131 Å². The number of ether oxygens (including phenoxy) is 1. The molecule has 0 atom stereocenters. The van der Waals surface area contributed by atoms with E-state index in [0.717, 1.165) is 22.3 Å². The van der Waals surface area contributed by atoms with Crippen LogP contribution < -0.4 is 5.73 Å². The molecular formula is C32H28N6O4. The van der Waals surface area contributed by atoms with Gasteiger partial charge in [-0.25, -0.2) is 15.0 Å². The number of rotatable bonds is 7. The minimum atomic E-state index is -1.30. The first-order valence-corrected chi connectivity index (χ1v) is 13.5. The molecule has 0 saturated heterocycles. The third kappa shape index (κ3) is 4.77. The van der Waals surface area contributed by atoms with Crippen LogP contribution in [0.25, 0.3) is 0 Å². The van der Waals surface area contributed by atoms with Crippen LogP contribution in [-0.4, -0.2) is 50.6 Å². The Kier molecular flexibility index (Phi) is 6.95. The molecule has 2 N–H and O–H groups in total. The SMILES string of the molecule is COC(=O)Cc1ncc2c(n1)CN(C(=O)c1cccc(CN3C(=O)C(c4ccccc4)(c4ccccc4)N=C3N)c1)C2. The van der Waals surface area contributed by atoms with E-state index in [4.69, 9.17) is 15.5 Å². The first-order valence-electron chi connectivity index (χ1n) is 13.5. The number of aliphatic imine (C=N–C) groups is 1. The average molecular weight is 561 g/mol. The third-order valence-corrected chi connectivity index (χ3v) is 7.53. The van der Waals surface area contributed by atoms with E-state index in [1.165, 1.54) is 12.0 Å². The van der Waals surface area contributed by atoms with Crippen molar-refractivity contribution in [2.75, 3.05) is 7.11 Å². The molecule has 10 nitrogen and oxygen atoms in total. The van der Waals surface area contributed by atoms with E-state index in [1.807, 2.05) is 66.7 Å². The molecule has 0 fully saturated rings. The van der Waals surface area contributed by atoms with E-state index in [2.05, 4.69) is 9.97 Å². The van der Waals surface area contributed by atoms with Gasteiger partial charge in [-0.15, -0.1) is 0 Å². The first kappa shape index (κ1) is 26.8. The second-order valence-electron chi connectivity index (χ2n) is 10.2. The van der Waals surface area contributed by atoms with Gasteiger partial charge >= 0.3 is 5.97 Å². The van der Waals surface area contributed by atoms with Gasteiger partial charge < -0.3 is 15.4 Å². The van der Waals surface area contributed by atoms with Gasteiger partial charge in [0, 0.05) is 23.9 Å². The molecule has 2 amide bonds. The van der Waals surface area contributed by atoms with Gasteiger partial charge in [0.15, 0.2) is 11.5 Å². The molecule has 6 rings (SSSR count). The molecule has 0 spiro atoms. The number of fused-ring (bicyclic) bond motifs is 1. The van der Waals surface area contributed by atoms with Crippen molar-refractivity contribution in [2.45, 2.75) is 31.6 Å². The maximum atomic E-state index is 14.1. The van der Waals surface area contributed by atoms with Gasteiger partial charge in [-0.05, 0) is 28.8 Å². The maximum absolute atomic E-state index is 14.1. The van der Waals surface area contributed by atoms with Crippen molar-refractivity contribution in [3.05, 3.63) is 130 Å². The van der Waals surface area contributed by atoms with Gasteiger partial charge in [-0.3, -0.25) is 19.3 Å². The normalized spacial score (nSPS) is 15.4. The van der Waals surface area contributed by atoms with Crippen LogP contribution in [0.15, 0.2) is 96.1 Å². The van der Waals surface area contributed by atoms with Gasteiger partial charge in [-0.1, -0.05) is 72.8 Å². The van der Waals surface area contributed by atoms with Crippen LogP contribution in [0.1, 0.15) is 44.1 Å². The number of carbonyl (C=O) groups excluding carboxylic acids is 3. The Morgan fingerprint density at radius 3 is 2.31 bits per heavy atom. The lowest BCUT2D eigenvalue weighted by molar-refractivity contribution is -0.140. The summed E-state index contributed by atoms with van der Waals surface area (Å²) in [7, 11) is 1.31. The zero-order chi connectivity index (χ0) is 29.3. The predicted octanol–water partition coefficient (Wildman–Crippen LogP) is 2.95. The van der Waals surface area contributed by atoms with E-state index < -0.39 is 11.5 Å². The summed E-state index contributed by atoms with van der Waals surface area (Å²) in [5, 5.41) is 0. The Hall–Kier alpha value is -5.38. The smallest absolute Gasteiger partial charge is 0.313 e. The minimum Gasteiger partial charge on any atom is -0.469 e. The number of carbonyl (C=O) groups is 3. The quantitative estimate of drug-likeness (QED) is 0.344. The molecule has 3 heterocycles. The van der Waals surface area contributed by atoms with Gasteiger partial charge in [0.25, 0.3) is 11.8 Å². The van der Waals surface area contributed by atoms with Crippen LogP contribution in [0.3, 0.4) is 0 Å². The van der Waals surface area contributed by atoms with Crippen molar-refractivity contribution in [3.63, 3.8) is 0 Å². The molecular weight excluding hydrogens is 532 g/mol. The fourth-order valence-electron chi connectivity index (χ4n) is 5.43. The van der Waals surface area contributed by atoms with Crippen LogP contribution in [0.4, 0.5) is 0 Å². The fourth-order valence-corrected chi connectivity index (χ4v) is 5.43. The van der Waals surface area contributed by atoms with Crippen molar-refractivity contribution >= 4 is 23.7 Å². The van der Waals surface area contributed by atoms with E-state index >= 15 is 0 Å². The number of esters is 1. The van der Waals surface area contributed by atoms with Gasteiger partial charge in [-0.2, -0.15) is 0 Å². The van der Waals surface area contributed by atoms with Crippen LogP contribution >= 0.6 is 0 Å². The second-order valence-corrected chi connectivity index (χ2v) is 10.2. The molecule has 1 aromatic heterocycles. The molecule has 4 aromatic rings. The Labute approximate surface area is 242 Å². The first-order chi connectivity index (χ1) is 20.4. The van der Waals surface area contributed by atoms with E-state index in [9.17, 15) is 14.4 Å². The minimum absolute atomic E-state index is 0.0305. The molecule has 0 aliphatic carbocycles. The van der Waals surface area contributed by atoms with Crippen LogP contribution in [0.2, 0.25) is 0 Å². The van der Waals surface area contributed by atoms with Crippen molar-refractivity contribution in [3.8, 4) is 0 Å². The van der Waals surface area contributed by atoms with Crippen LogP contribution in [0.5, 0.6) is 0 Å². The lowest BCUT2D eigenvalue weighted by Gasteiger charge is -2.27. The van der Waals surface area contributed by atoms with E-state index in [0.29, 0.717) is 30.2 Å². The summed E-state index contributed by atoms with van der Waals surface area (Å²) in [6.45, 7) is 0.813. The molecule has 210 valence electrons. The molecule has 0 bridgehead atoms. The second kappa shape index (κ2) is 10.9. The zero-order valence-corrected chi connectivity index (χ0v) is 22.9. The molecule has 2 aliphatic heterocycles. The Balaban J connectivity index is 1.22. The molecule has 0 saturated carbocycles. The number of hydrogen-bond acceptors (Lipinski definition) is 8.